The summed E-state index contributed by atoms with van der Waals surface area (Å²) in [6.45, 7) is 0.437. The Labute approximate surface area is 150 Å². The van der Waals surface area contributed by atoms with Crippen molar-refractivity contribution in [3.63, 3.8) is 0 Å². The quantitative estimate of drug-likeness (QED) is 0.741. The standard InChI is InChI=1S/C19H16ClN3O2/c20-14-5-1-3-12(7-14)11-25-15-6-2-4-13(8-15)16-9-18(24)22-19-17(16)10-21-23-19/h1-8,10,16H,9,11H2,(H2,21,22,23,24)/t16-/m0/s1. The number of hydrogen-bond acceptors (Lipinski definition) is 3. The number of fused-ring (bicyclic) bond motifs is 1. The molecule has 1 atom stereocenters. The molecular formula is C19H16ClN3O2. The van der Waals surface area contributed by atoms with E-state index in [-0.39, 0.29) is 11.8 Å². The summed E-state index contributed by atoms with van der Waals surface area (Å²) in [7, 11) is 0. The number of halogens is 1. The van der Waals surface area contributed by atoms with E-state index in [2.05, 4.69) is 15.5 Å². The molecule has 126 valence electrons. The lowest BCUT2D eigenvalue weighted by Crippen LogP contribution is -2.22. The van der Waals surface area contributed by atoms with E-state index < -0.39 is 0 Å². The molecule has 1 aromatic heterocycles. The minimum atomic E-state index is -0.0304. The fourth-order valence-electron chi connectivity index (χ4n) is 3.06. The number of nitrogens with one attached hydrogen (secondary N) is 2. The summed E-state index contributed by atoms with van der Waals surface area (Å²) in [6, 6.07) is 15.4. The van der Waals surface area contributed by atoms with Crippen LogP contribution in [0.15, 0.2) is 54.7 Å². The van der Waals surface area contributed by atoms with E-state index in [9.17, 15) is 4.79 Å². The molecule has 3 aromatic rings. The molecule has 0 fully saturated rings. The van der Waals surface area contributed by atoms with Crippen LogP contribution in [0.3, 0.4) is 0 Å². The van der Waals surface area contributed by atoms with Crippen molar-refractivity contribution in [1.82, 2.24) is 10.2 Å². The molecule has 25 heavy (non-hydrogen) atoms. The van der Waals surface area contributed by atoms with Gasteiger partial charge in [-0.1, -0.05) is 35.9 Å². The van der Waals surface area contributed by atoms with Gasteiger partial charge in [-0.3, -0.25) is 9.89 Å². The lowest BCUT2D eigenvalue weighted by Gasteiger charge is -2.22. The number of anilines is 1. The first-order valence-electron chi connectivity index (χ1n) is 7.99. The first-order valence-corrected chi connectivity index (χ1v) is 8.37. The van der Waals surface area contributed by atoms with E-state index in [0.29, 0.717) is 23.9 Å². The van der Waals surface area contributed by atoms with E-state index in [1.807, 2.05) is 48.5 Å². The number of aromatic amines is 1. The number of ether oxygens (including phenoxy) is 1. The van der Waals surface area contributed by atoms with Crippen LogP contribution in [0.2, 0.25) is 5.02 Å². The number of hydrogen-bond donors (Lipinski definition) is 2. The van der Waals surface area contributed by atoms with Crippen LogP contribution in [0.25, 0.3) is 0 Å². The van der Waals surface area contributed by atoms with Gasteiger partial charge < -0.3 is 10.1 Å². The van der Waals surface area contributed by atoms with Crippen LogP contribution in [0.5, 0.6) is 5.75 Å². The van der Waals surface area contributed by atoms with Gasteiger partial charge in [0.05, 0.1) is 6.20 Å². The number of carbonyl (C=O) groups is 1. The minimum absolute atomic E-state index is 0.0213. The molecule has 5 nitrogen and oxygen atoms in total. The first kappa shape index (κ1) is 15.7. The number of benzene rings is 2. The molecule has 0 aliphatic carbocycles. The number of aromatic nitrogens is 2. The molecule has 1 aliphatic heterocycles. The summed E-state index contributed by atoms with van der Waals surface area (Å²) in [4.78, 5) is 11.9. The molecule has 1 aliphatic rings. The van der Waals surface area contributed by atoms with E-state index in [0.717, 1.165) is 22.4 Å². The smallest absolute Gasteiger partial charge is 0.226 e. The minimum Gasteiger partial charge on any atom is -0.489 e. The second-order valence-corrected chi connectivity index (χ2v) is 6.43. The van der Waals surface area contributed by atoms with E-state index in [1.165, 1.54) is 0 Å². The van der Waals surface area contributed by atoms with Gasteiger partial charge in [0.15, 0.2) is 0 Å². The molecule has 6 heteroatoms. The highest BCUT2D eigenvalue weighted by molar-refractivity contribution is 6.30. The number of amides is 1. The molecule has 0 bridgehead atoms. The Morgan fingerprint density at radius 3 is 2.96 bits per heavy atom. The van der Waals surface area contributed by atoms with Gasteiger partial charge in [-0.2, -0.15) is 5.10 Å². The summed E-state index contributed by atoms with van der Waals surface area (Å²) < 4.78 is 5.89. The molecule has 1 amide bonds. The molecule has 4 rings (SSSR count). The molecule has 0 saturated carbocycles. The van der Waals surface area contributed by atoms with Gasteiger partial charge in [0, 0.05) is 22.9 Å². The number of H-pyrrole nitrogens is 1. The third kappa shape index (κ3) is 3.37. The molecule has 2 heterocycles. The van der Waals surface area contributed by atoms with E-state index in [1.54, 1.807) is 6.20 Å². The zero-order valence-electron chi connectivity index (χ0n) is 13.3. The third-order valence-electron chi connectivity index (χ3n) is 4.25. The van der Waals surface area contributed by atoms with E-state index in [4.69, 9.17) is 16.3 Å². The van der Waals surface area contributed by atoms with Gasteiger partial charge in [0.25, 0.3) is 0 Å². The Bertz CT molecular complexity index is 922. The van der Waals surface area contributed by atoms with Gasteiger partial charge in [-0.05, 0) is 35.4 Å². The second kappa shape index (κ2) is 6.61. The van der Waals surface area contributed by atoms with Gasteiger partial charge in [-0.15, -0.1) is 0 Å². The number of nitrogens with zero attached hydrogens (tertiary/aromatic N) is 1. The van der Waals surface area contributed by atoms with Crippen LogP contribution in [-0.2, 0) is 11.4 Å². The normalized spacial score (nSPS) is 16.2. The Morgan fingerprint density at radius 1 is 1.20 bits per heavy atom. The molecule has 0 spiro atoms. The maximum Gasteiger partial charge on any atom is 0.226 e. The monoisotopic (exact) mass is 353 g/mol. The summed E-state index contributed by atoms with van der Waals surface area (Å²) in [5, 5.41) is 10.4. The van der Waals surface area contributed by atoms with Crippen molar-refractivity contribution in [3.8, 4) is 5.75 Å². The summed E-state index contributed by atoms with van der Waals surface area (Å²) in [6.07, 6.45) is 2.16. The zero-order chi connectivity index (χ0) is 17.2. The predicted octanol–water partition coefficient (Wildman–Crippen LogP) is 4.12. The second-order valence-electron chi connectivity index (χ2n) is 6.00. The van der Waals surface area contributed by atoms with Crippen LogP contribution < -0.4 is 10.1 Å². The van der Waals surface area contributed by atoms with Crippen LogP contribution in [-0.4, -0.2) is 16.1 Å². The average Bonchev–Trinajstić information content (AvgIpc) is 3.08. The highest BCUT2D eigenvalue weighted by atomic mass is 35.5. The third-order valence-corrected chi connectivity index (χ3v) is 4.49. The summed E-state index contributed by atoms with van der Waals surface area (Å²) in [5.41, 5.74) is 3.03. The number of rotatable bonds is 4. The molecule has 0 radical (unpaired) electrons. The predicted molar refractivity (Wildman–Crippen MR) is 95.9 cm³/mol. The Balaban J connectivity index is 1.55. The lowest BCUT2D eigenvalue weighted by atomic mass is 9.87. The maximum atomic E-state index is 11.9. The van der Waals surface area contributed by atoms with Gasteiger partial charge >= 0.3 is 0 Å². The average molecular weight is 354 g/mol. The lowest BCUT2D eigenvalue weighted by molar-refractivity contribution is -0.116. The van der Waals surface area contributed by atoms with Crippen molar-refractivity contribution in [3.05, 3.63) is 76.4 Å². The molecule has 2 N–H and O–H groups in total. The Kier molecular flexibility index (Phi) is 4.15. The van der Waals surface area contributed by atoms with Crippen LogP contribution in [0.4, 0.5) is 5.82 Å². The SMILES string of the molecule is O=C1C[C@@H](c2cccc(OCc3cccc(Cl)c3)c2)c2cn[nH]c2N1. The zero-order valence-corrected chi connectivity index (χ0v) is 14.1. The van der Waals surface area contributed by atoms with Gasteiger partial charge in [-0.25, -0.2) is 0 Å². The van der Waals surface area contributed by atoms with Crippen molar-refractivity contribution in [2.24, 2.45) is 0 Å². The molecular weight excluding hydrogens is 338 g/mol. The fourth-order valence-corrected chi connectivity index (χ4v) is 3.27. The van der Waals surface area contributed by atoms with Crippen molar-refractivity contribution in [1.29, 1.82) is 0 Å². The van der Waals surface area contributed by atoms with Crippen LogP contribution in [0, 0.1) is 0 Å². The number of carbonyl (C=O) groups excluding carboxylic acids is 1. The summed E-state index contributed by atoms with van der Waals surface area (Å²) >= 11 is 6.00. The largest absolute Gasteiger partial charge is 0.489 e. The maximum absolute atomic E-state index is 11.9. The Morgan fingerprint density at radius 2 is 2.08 bits per heavy atom. The topological polar surface area (TPSA) is 67.0 Å². The van der Waals surface area contributed by atoms with Gasteiger partial charge in [0.2, 0.25) is 5.91 Å². The van der Waals surface area contributed by atoms with Crippen LogP contribution in [0.1, 0.15) is 29.0 Å². The van der Waals surface area contributed by atoms with Gasteiger partial charge in [0.1, 0.15) is 18.2 Å². The molecule has 2 aromatic carbocycles. The summed E-state index contributed by atoms with van der Waals surface area (Å²) in [5.74, 6) is 1.38. The van der Waals surface area contributed by atoms with Crippen molar-refractivity contribution in [2.45, 2.75) is 18.9 Å². The molecule has 0 saturated heterocycles. The molecule has 0 unspecified atom stereocenters. The highest BCUT2D eigenvalue weighted by Gasteiger charge is 2.28. The van der Waals surface area contributed by atoms with Crippen LogP contribution >= 0.6 is 11.6 Å². The first-order chi connectivity index (χ1) is 12.2. The Hall–Kier alpha value is -2.79. The van der Waals surface area contributed by atoms with Crippen molar-refractivity contribution >= 4 is 23.3 Å². The van der Waals surface area contributed by atoms with E-state index >= 15 is 0 Å². The highest BCUT2D eigenvalue weighted by Crippen LogP contribution is 2.36. The van der Waals surface area contributed by atoms with Crippen molar-refractivity contribution in [2.75, 3.05) is 5.32 Å². The van der Waals surface area contributed by atoms with Crippen molar-refractivity contribution < 1.29 is 9.53 Å². The fraction of sp³-hybridized carbons (Fsp3) is 0.158.